The minimum absolute atomic E-state index is 0. The van der Waals surface area contributed by atoms with Gasteiger partial charge >= 0.3 is 0 Å². The van der Waals surface area contributed by atoms with Crippen molar-refractivity contribution in [1.82, 2.24) is 15.5 Å². The third-order valence-corrected chi connectivity index (χ3v) is 4.96. The molecule has 0 spiro atoms. The fraction of sp³-hybridized carbons (Fsp3) is 0.750. The van der Waals surface area contributed by atoms with Gasteiger partial charge in [0.15, 0.2) is 5.96 Å². The number of aliphatic imine (C=N–C) groups is 1. The molecule has 2 heterocycles. The number of guanidine groups is 1. The Labute approximate surface area is 181 Å². The second kappa shape index (κ2) is 13.4. The maximum absolute atomic E-state index is 5.50. The van der Waals surface area contributed by atoms with E-state index in [9.17, 15) is 0 Å². The highest BCUT2D eigenvalue weighted by atomic mass is 127. The lowest BCUT2D eigenvalue weighted by Gasteiger charge is -2.36. The van der Waals surface area contributed by atoms with Crippen LogP contribution in [-0.4, -0.2) is 62.3 Å². The Morgan fingerprint density at radius 1 is 1.26 bits per heavy atom. The number of rotatable bonds is 9. The molecule has 0 amide bonds. The summed E-state index contributed by atoms with van der Waals surface area (Å²) >= 11 is 0. The van der Waals surface area contributed by atoms with Crippen LogP contribution in [0, 0.1) is 5.92 Å². The van der Waals surface area contributed by atoms with E-state index in [0.29, 0.717) is 18.0 Å². The maximum Gasteiger partial charge on any atom is 0.191 e. The van der Waals surface area contributed by atoms with Crippen LogP contribution in [0.4, 0.5) is 0 Å². The van der Waals surface area contributed by atoms with E-state index in [4.69, 9.17) is 14.1 Å². The molecule has 1 aliphatic rings. The fourth-order valence-electron chi connectivity index (χ4n) is 3.09. The third kappa shape index (κ3) is 8.83. The summed E-state index contributed by atoms with van der Waals surface area (Å²) in [5, 5.41) is 6.97. The highest BCUT2D eigenvalue weighted by Gasteiger charge is 2.23. The zero-order valence-corrected chi connectivity index (χ0v) is 19.6. The highest BCUT2D eigenvalue weighted by Crippen LogP contribution is 2.13. The molecule has 2 rings (SSSR count). The van der Waals surface area contributed by atoms with Crippen molar-refractivity contribution in [2.24, 2.45) is 10.9 Å². The quantitative estimate of drug-likeness (QED) is 0.315. The number of nitrogens with zero attached hydrogens (tertiary/aromatic N) is 2. The first-order valence-corrected chi connectivity index (χ1v) is 9.99. The summed E-state index contributed by atoms with van der Waals surface area (Å²) in [6, 6.07) is 4.77. The van der Waals surface area contributed by atoms with E-state index in [0.717, 1.165) is 64.0 Å². The second-order valence-electron chi connectivity index (χ2n) is 7.36. The van der Waals surface area contributed by atoms with Crippen LogP contribution in [0.25, 0.3) is 0 Å². The topological polar surface area (TPSA) is 62.0 Å². The average molecular weight is 492 g/mol. The van der Waals surface area contributed by atoms with Gasteiger partial charge in [0, 0.05) is 38.1 Å². The lowest BCUT2D eigenvalue weighted by Crippen LogP contribution is -2.48. The van der Waals surface area contributed by atoms with Gasteiger partial charge < -0.3 is 19.8 Å². The Balaban J connectivity index is 0.00000364. The van der Waals surface area contributed by atoms with E-state index >= 15 is 0 Å². The number of furan rings is 1. The largest absolute Gasteiger partial charge is 0.469 e. The van der Waals surface area contributed by atoms with Crippen molar-refractivity contribution in [1.29, 1.82) is 0 Å². The van der Waals surface area contributed by atoms with Crippen LogP contribution >= 0.6 is 24.0 Å². The molecule has 0 radical (unpaired) electrons. The number of nitrogens with one attached hydrogen (secondary N) is 2. The molecule has 27 heavy (non-hydrogen) atoms. The maximum atomic E-state index is 5.50. The molecule has 1 fully saturated rings. The first kappa shape index (κ1) is 24.2. The molecule has 0 bridgehead atoms. The number of hydrogen-bond acceptors (Lipinski definition) is 4. The number of halogens is 1. The zero-order chi connectivity index (χ0) is 18.8. The van der Waals surface area contributed by atoms with E-state index in [-0.39, 0.29) is 24.0 Å². The van der Waals surface area contributed by atoms with Crippen molar-refractivity contribution in [2.45, 2.75) is 52.6 Å². The molecule has 1 aromatic heterocycles. The van der Waals surface area contributed by atoms with Gasteiger partial charge in [-0.2, -0.15) is 0 Å². The molecule has 6 nitrogen and oxygen atoms in total. The van der Waals surface area contributed by atoms with Crippen LogP contribution in [0.2, 0.25) is 0 Å². The van der Waals surface area contributed by atoms with Gasteiger partial charge in [-0.15, -0.1) is 24.0 Å². The predicted octanol–water partition coefficient (Wildman–Crippen LogP) is 3.13. The molecule has 0 aliphatic carbocycles. The SMILES string of the molecule is CCC(C)NC(=NCC(C(C)C)N1CCOCC1)NCCc1ccco1.I. The fourth-order valence-corrected chi connectivity index (χ4v) is 3.09. The van der Waals surface area contributed by atoms with Crippen LogP contribution in [0.1, 0.15) is 39.9 Å². The molecule has 1 saturated heterocycles. The van der Waals surface area contributed by atoms with E-state index < -0.39 is 0 Å². The van der Waals surface area contributed by atoms with Crippen molar-refractivity contribution in [3.05, 3.63) is 24.2 Å². The molecule has 2 N–H and O–H groups in total. The molecule has 0 aromatic carbocycles. The number of hydrogen-bond donors (Lipinski definition) is 2. The van der Waals surface area contributed by atoms with Crippen LogP contribution in [-0.2, 0) is 11.2 Å². The molecule has 0 saturated carbocycles. The van der Waals surface area contributed by atoms with Gasteiger partial charge in [-0.1, -0.05) is 20.8 Å². The first-order chi connectivity index (χ1) is 12.6. The highest BCUT2D eigenvalue weighted by molar-refractivity contribution is 14.0. The number of morpholine rings is 1. The van der Waals surface area contributed by atoms with Gasteiger partial charge in [0.2, 0.25) is 0 Å². The molecular weight excluding hydrogens is 455 g/mol. The zero-order valence-electron chi connectivity index (χ0n) is 17.2. The van der Waals surface area contributed by atoms with E-state index in [1.165, 1.54) is 0 Å². The lowest BCUT2D eigenvalue weighted by molar-refractivity contribution is 0.00867. The average Bonchev–Trinajstić information content (AvgIpc) is 3.15. The Morgan fingerprint density at radius 3 is 2.59 bits per heavy atom. The van der Waals surface area contributed by atoms with Crippen LogP contribution in [0.15, 0.2) is 27.8 Å². The molecule has 156 valence electrons. The van der Waals surface area contributed by atoms with Crippen molar-refractivity contribution >= 4 is 29.9 Å². The molecular formula is C20H37IN4O2. The van der Waals surface area contributed by atoms with Crippen molar-refractivity contribution < 1.29 is 9.15 Å². The van der Waals surface area contributed by atoms with Crippen LogP contribution in [0.3, 0.4) is 0 Å². The summed E-state index contributed by atoms with van der Waals surface area (Å²) in [7, 11) is 0. The van der Waals surface area contributed by atoms with E-state index in [2.05, 4.69) is 43.2 Å². The van der Waals surface area contributed by atoms with Crippen LogP contribution < -0.4 is 10.6 Å². The molecule has 7 heteroatoms. The van der Waals surface area contributed by atoms with E-state index in [1.807, 2.05) is 12.1 Å². The molecule has 2 unspecified atom stereocenters. The summed E-state index contributed by atoms with van der Waals surface area (Å²) in [5.74, 6) is 2.45. The van der Waals surface area contributed by atoms with Gasteiger partial charge in [-0.25, -0.2) is 0 Å². The summed E-state index contributed by atoms with van der Waals surface area (Å²) in [4.78, 5) is 7.42. The van der Waals surface area contributed by atoms with Crippen LogP contribution in [0.5, 0.6) is 0 Å². The summed E-state index contributed by atoms with van der Waals surface area (Å²) in [6.07, 6.45) is 3.64. The second-order valence-corrected chi connectivity index (χ2v) is 7.36. The third-order valence-electron chi connectivity index (χ3n) is 4.96. The minimum Gasteiger partial charge on any atom is -0.469 e. The van der Waals surface area contributed by atoms with Gasteiger partial charge in [0.25, 0.3) is 0 Å². The lowest BCUT2D eigenvalue weighted by atomic mass is 10.0. The Morgan fingerprint density at radius 2 is 2.00 bits per heavy atom. The predicted molar refractivity (Wildman–Crippen MR) is 122 cm³/mol. The monoisotopic (exact) mass is 492 g/mol. The molecule has 1 aromatic rings. The first-order valence-electron chi connectivity index (χ1n) is 9.99. The standard InChI is InChI=1S/C20H36N4O2.HI/c1-5-17(4)23-20(21-9-8-18-7-6-12-26-18)22-15-19(16(2)3)24-10-13-25-14-11-24;/h6-7,12,16-17,19H,5,8-11,13-15H2,1-4H3,(H2,21,22,23);1H. The molecule has 1 aliphatic heterocycles. The van der Waals surface area contributed by atoms with E-state index in [1.54, 1.807) is 6.26 Å². The Hall–Kier alpha value is -0.800. The van der Waals surface area contributed by atoms with Gasteiger partial charge in [-0.05, 0) is 31.4 Å². The summed E-state index contributed by atoms with van der Waals surface area (Å²) in [5.41, 5.74) is 0. The van der Waals surface area contributed by atoms with Crippen molar-refractivity contribution in [2.75, 3.05) is 39.4 Å². The summed E-state index contributed by atoms with van der Waals surface area (Å²) < 4.78 is 10.9. The number of ether oxygens (including phenoxy) is 1. The van der Waals surface area contributed by atoms with Gasteiger partial charge in [-0.3, -0.25) is 9.89 Å². The normalized spacial score (nSPS) is 18.0. The van der Waals surface area contributed by atoms with Gasteiger partial charge in [0.1, 0.15) is 5.76 Å². The summed E-state index contributed by atoms with van der Waals surface area (Å²) in [6.45, 7) is 14.2. The van der Waals surface area contributed by atoms with Crippen molar-refractivity contribution in [3.8, 4) is 0 Å². The Bertz CT molecular complexity index is 516. The van der Waals surface area contributed by atoms with Gasteiger partial charge in [0.05, 0.1) is 26.0 Å². The van der Waals surface area contributed by atoms with Crippen molar-refractivity contribution in [3.63, 3.8) is 0 Å². The Kier molecular flexibility index (Phi) is 12.0. The smallest absolute Gasteiger partial charge is 0.191 e. The minimum atomic E-state index is 0. The molecule has 2 atom stereocenters.